The molecule has 0 unspecified atom stereocenters. The molecule has 0 radical (unpaired) electrons. The fraction of sp³-hybridized carbons (Fsp3) is 0.667. The van der Waals surface area contributed by atoms with Crippen LogP contribution in [0.25, 0.3) is 0 Å². The number of rotatable bonds is 9. The van der Waals surface area contributed by atoms with E-state index in [1.807, 2.05) is 12.1 Å². The van der Waals surface area contributed by atoms with Crippen LogP contribution in [0.4, 0.5) is 5.69 Å². The third-order valence-corrected chi connectivity index (χ3v) is 3.57. The van der Waals surface area contributed by atoms with Crippen molar-refractivity contribution in [2.24, 2.45) is 0 Å². The molecule has 0 aromatic heterocycles. The van der Waals surface area contributed by atoms with Gasteiger partial charge in [-0.3, -0.25) is 0 Å². The number of unbranched alkanes of at least 4 members (excludes halogenated alkanes) is 3. The van der Waals surface area contributed by atoms with Gasteiger partial charge in [0.1, 0.15) is 5.75 Å². The Balaban J connectivity index is 2.18. The fourth-order valence-corrected chi connectivity index (χ4v) is 2.36. The van der Waals surface area contributed by atoms with Gasteiger partial charge in [0, 0.05) is 19.1 Å². The molecule has 120 valence electrons. The quantitative estimate of drug-likeness (QED) is 0.694. The summed E-state index contributed by atoms with van der Waals surface area (Å²) in [5.74, 6) is 0.953. The third kappa shape index (κ3) is 7.37. The highest BCUT2D eigenvalue weighted by Gasteiger charge is 2.08. The van der Waals surface area contributed by atoms with E-state index in [0.29, 0.717) is 0 Å². The highest BCUT2D eigenvalue weighted by Crippen LogP contribution is 2.26. The lowest BCUT2D eigenvalue weighted by atomic mass is 10.1. The molecule has 0 atom stereocenters. The Morgan fingerprint density at radius 2 is 1.71 bits per heavy atom. The molecule has 3 nitrogen and oxygen atoms in total. The van der Waals surface area contributed by atoms with Crippen molar-refractivity contribution in [1.29, 1.82) is 0 Å². The normalized spacial score (nSPS) is 11.5. The molecule has 0 amide bonds. The van der Waals surface area contributed by atoms with E-state index in [4.69, 9.17) is 4.74 Å². The Labute approximate surface area is 130 Å². The Morgan fingerprint density at radius 1 is 1.05 bits per heavy atom. The summed E-state index contributed by atoms with van der Waals surface area (Å²) in [6.45, 7) is 8.85. The van der Waals surface area contributed by atoms with Gasteiger partial charge in [-0.25, -0.2) is 0 Å². The van der Waals surface area contributed by atoms with Crippen LogP contribution in [0.5, 0.6) is 5.75 Å². The number of nitrogens with one attached hydrogen (secondary N) is 1. The van der Waals surface area contributed by atoms with Crippen molar-refractivity contribution >= 4 is 5.69 Å². The number of ether oxygens (including phenoxy) is 1. The SMILES string of the molecule is COc1ccccc1N(C)CCCCCCNC(C)(C)C. The first-order chi connectivity index (χ1) is 9.94. The lowest BCUT2D eigenvalue weighted by Gasteiger charge is -2.22. The lowest BCUT2D eigenvalue weighted by Crippen LogP contribution is -2.36. The maximum Gasteiger partial charge on any atom is 0.142 e. The summed E-state index contributed by atoms with van der Waals surface area (Å²) in [6, 6.07) is 8.21. The molecule has 21 heavy (non-hydrogen) atoms. The first kappa shape index (κ1) is 17.8. The molecule has 1 N–H and O–H groups in total. The summed E-state index contributed by atoms with van der Waals surface area (Å²) in [5.41, 5.74) is 1.42. The molecule has 1 aromatic rings. The second kappa shape index (κ2) is 8.93. The number of para-hydroxylation sites is 2. The van der Waals surface area contributed by atoms with Crippen LogP contribution in [0.2, 0.25) is 0 Å². The molecule has 3 heteroatoms. The van der Waals surface area contributed by atoms with Crippen molar-refractivity contribution in [2.75, 3.05) is 32.1 Å². The zero-order chi connectivity index (χ0) is 15.7. The molecule has 1 aromatic carbocycles. The van der Waals surface area contributed by atoms with Crippen LogP contribution in [-0.4, -0.2) is 32.8 Å². The minimum atomic E-state index is 0.240. The van der Waals surface area contributed by atoms with Crippen molar-refractivity contribution < 1.29 is 4.74 Å². The number of benzene rings is 1. The van der Waals surface area contributed by atoms with Crippen LogP contribution < -0.4 is 15.0 Å². The molecule has 0 saturated carbocycles. The minimum absolute atomic E-state index is 0.240. The molecule has 1 rings (SSSR count). The fourth-order valence-electron chi connectivity index (χ4n) is 2.36. The van der Waals surface area contributed by atoms with Crippen molar-refractivity contribution in [3.63, 3.8) is 0 Å². The first-order valence-corrected chi connectivity index (χ1v) is 8.03. The van der Waals surface area contributed by atoms with Crippen molar-refractivity contribution in [3.05, 3.63) is 24.3 Å². The zero-order valence-electron chi connectivity index (χ0n) is 14.4. The van der Waals surface area contributed by atoms with Crippen LogP contribution >= 0.6 is 0 Å². The summed E-state index contributed by atoms with van der Waals surface area (Å²) in [7, 11) is 3.87. The topological polar surface area (TPSA) is 24.5 Å². The Kier molecular flexibility index (Phi) is 7.58. The van der Waals surface area contributed by atoms with Gasteiger partial charge in [0.05, 0.1) is 12.8 Å². The largest absolute Gasteiger partial charge is 0.495 e. The van der Waals surface area contributed by atoms with Gasteiger partial charge < -0.3 is 15.0 Å². The Morgan fingerprint density at radius 3 is 2.38 bits per heavy atom. The van der Waals surface area contributed by atoms with E-state index < -0.39 is 0 Å². The van der Waals surface area contributed by atoms with E-state index in [-0.39, 0.29) is 5.54 Å². The second-order valence-electron chi connectivity index (χ2n) is 6.68. The van der Waals surface area contributed by atoms with E-state index in [2.05, 4.69) is 50.2 Å². The van der Waals surface area contributed by atoms with Gasteiger partial charge in [0.2, 0.25) is 0 Å². The van der Waals surface area contributed by atoms with Gasteiger partial charge in [0.15, 0.2) is 0 Å². The third-order valence-electron chi connectivity index (χ3n) is 3.57. The van der Waals surface area contributed by atoms with E-state index in [0.717, 1.165) is 18.8 Å². The van der Waals surface area contributed by atoms with E-state index >= 15 is 0 Å². The molecule has 0 spiro atoms. The summed E-state index contributed by atoms with van der Waals surface area (Å²) < 4.78 is 5.41. The van der Waals surface area contributed by atoms with Gasteiger partial charge >= 0.3 is 0 Å². The number of anilines is 1. The van der Waals surface area contributed by atoms with Crippen molar-refractivity contribution in [1.82, 2.24) is 5.32 Å². The van der Waals surface area contributed by atoms with Gasteiger partial charge in [-0.1, -0.05) is 25.0 Å². The Hall–Kier alpha value is -1.22. The molecule has 0 heterocycles. The molecule has 0 saturated heterocycles. The average molecular weight is 292 g/mol. The van der Waals surface area contributed by atoms with Crippen molar-refractivity contribution in [2.45, 2.75) is 52.0 Å². The summed E-state index contributed by atoms with van der Waals surface area (Å²) >= 11 is 0. The predicted molar refractivity (Wildman–Crippen MR) is 92.5 cm³/mol. The summed E-state index contributed by atoms with van der Waals surface area (Å²) in [4.78, 5) is 2.28. The standard InChI is InChI=1S/C18H32N2O/c1-18(2,3)19-14-10-6-7-11-15-20(4)16-12-8-9-13-17(16)21-5/h8-9,12-13,19H,6-7,10-11,14-15H2,1-5H3. The van der Waals surface area contributed by atoms with Gasteiger partial charge in [-0.15, -0.1) is 0 Å². The first-order valence-electron chi connectivity index (χ1n) is 8.03. The lowest BCUT2D eigenvalue weighted by molar-refractivity contribution is 0.413. The number of hydrogen-bond acceptors (Lipinski definition) is 3. The molecule has 0 aliphatic heterocycles. The number of nitrogens with zero attached hydrogens (tertiary/aromatic N) is 1. The number of methoxy groups -OCH3 is 1. The molecular formula is C18H32N2O. The van der Waals surface area contributed by atoms with Crippen LogP contribution in [0.1, 0.15) is 46.5 Å². The predicted octanol–water partition coefficient (Wildman–Crippen LogP) is 4.08. The highest BCUT2D eigenvalue weighted by molar-refractivity contribution is 5.57. The summed E-state index contributed by atoms with van der Waals surface area (Å²) in [5, 5.41) is 3.54. The monoisotopic (exact) mass is 292 g/mol. The maximum atomic E-state index is 5.41. The number of hydrogen-bond donors (Lipinski definition) is 1. The van der Waals surface area contributed by atoms with E-state index in [1.165, 1.54) is 31.4 Å². The molecule has 0 bridgehead atoms. The zero-order valence-corrected chi connectivity index (χ0v) is 14.4. The van der Waals surface area contributed by atoms with Gasteiger partial charge in [0.25, 0.3) is 0 Å². The second-order valence-corrected chi connectivity index (χ2v) is 6.68. The van der Waals surface area contributed by atoms with Crippen LogP contribution in [0, 0.1) is 0 Å². The van der Waals surface area contributed by atoms with Gasteiger partial charge in [-0.2, -0.15) is 0 Å². The van der Waals surface area contributed by atoms with Gasteiger partial charge in [-0.05, 0) is 52.3 Å². The maximum absolute atomic E-state index is 5.41. The Bertz CT molecular complexity index is 398. The summed E-state index contributed by atoms with van der Waals surface area (Å²) in [6.07, 6.45) is 5.06. The van der Waals surface area contributed by atoms with E-state index in [9.17, 15) is 0 Å². The van der Waals surface area contributed by atoms with Crippen molar-refractivity contribution in [3.8, 4) is 5.75 Å². The molecule has 0 aliphatic carbocycles. The van der Waals surface area contributed by atoms with Crippen LogP contribution in [-0.2, 0) is 0 Å². The molecule has 0 aliphatic rings. The highest BCUT2D eigenvalue weighted by atomic mass is 16.5. The minimum Gasteiger partial charge on any atom is -0.495 e. The smallest absolute Gasteiger partial charge is 0.142 e. The molecule has 0 fully saturated rings. The van der Waals surface area contributed by atoms with E-state index in [1.54, 1.807) is 7.11 Å². The molecular weight excluding hydrogens is 260 g/mol. The average Bonchev–Trinajstić information content (AvgIpc) is 2.44. The van der Waals surface area contributed by atoms with Crippen LogP contribution in [0.3, 0.4) is 0 Å². The van der Waals surface area contributed by atoms with Crippen LogP contribution in [0.15, 0.2) is 24.3 Å².